The zero-order valence-electron chi connectivity index (χ0n) is 15.8. The van der Waals surface area contributed by atoms with Gasteiger partial charge in [-0.2, -0.15) is 0 Å². The molecule has 0 radical (unpaired) electrons. The van der Waals surface area contributed by atoms with E-state index in [0.717, 1.165) is 0 Å². The van der Waals surface area contributed by atoms with E-state index in [9.17, 15) is 0 Å². The van der Waals surface area contributed by atoms with E-state index in [0.29, 0.717) is 20.7 Å². The van der Waals surface area contributed by atoms with Gasteiger partial charge in [-0.3, -0.25) is 0 Å². The molecule has 2 nitrogen and oxygen atoms in total. The van der Waals surface area contributed by atoms with Crippen molar-refractivity contribution in [1.29, 1.82) is 0 Å². The molecule has 1 aromatic heterocycles. The van der Waals surface area contributed by atoms with Crippen molar-refractivity contribution in [2.45, 2.75) is 20.0 Å². The molecule has 0 saturated carbocycles. The molecular weight excluding hydrogens is 395 g/mol. The second-order valence-electron chi connectivity index (χ2n) is 7.26. The Morgan fingerprint density at radius 1 is 0.852 bits per heavy atom. The van der Waals surface area contributed by atoms with Crippen LogP contribution in [0, 0.1) is 6.92 Å². The zero-order chi connectivity index (χ0) is 18.5. The molecule has 0 fully saturated rings. The Morgan fingerprint density at radius 3 is 2.44 bits per heavy atom. The summed E-state index contributed by atoms with van der Waals surface area (Å²) < 4.78 is 3.00. The van der Waals surface area contributed by atoms with Crippen molar-refractivity contribution >= 4 is 45.2 Å². The van der Waals surface area contributed by atoms with Gasteiger partial charge in [-0.25, -0.2) is 0 Å². The first kappa shape index (κ1) is 16.7. The van der Waals surface area contributed by atoms with Gasteiger partial charge in [0.1, 0.15) is 0 Å². The van der Waals surface area contributed by atoms with E-state index >= 15 is 0 Å². The molecule has 0 amide bonds. The third kappa shape index (κ3) is 2.62. The monoisotopic (exact) mass is 418 g/mol. The molecule has 1 aliphatic heterocycles. The molecule has 27 heavy (non-hydrogen) atoms. The third-order valence-electron chi connectivity index (χ3n) is 5.67. The summed E-state index contributed by atoms with van der Waals surface area (Å²) >= 11 is 0.431. The minimum atomic E-state index is 0.297. The number of para-hydroxylation sites is 1. The van der Waals surface area contributed by atoms with Gasteiger partial charge in [0.2, 0.25) is 0 Å². The van der Waals surface area contributed by atoms with Gasteiger partial charge in [0.15, 0.2) is 0 Å². The van der Waals surface area contributed by atoms with Crippen LogP contribution in [0.3, 0.4) is 0 Å². The summed E-state index contributed by atoms with van der Waals surface area (Å²) in [6.45, 7) is 4.45. The molecule has 5 rings (SSSR count). The van der Waals surface area contributed by atoms with E-state index in [1.807, 2.05) is 0 Å². The first-order chi connectivity index (χ1) is 13.1. The standard InChI is InChI=1S/C24H22N2Se/c1-16-8-4-6-10-21(16)26-15-22(25(3)17(26)2)18-12-13-24-20(14-18)19-9-5-7-11-23(19)27-24/h4-15,17H,1-3H3. The number of hydrogen-bond acceptors (Lipinski definition) is 2. The molecule has 3 heteroatoms. The quantitative estimate of drug-likeness (QED) is 0.400. The van der Waals surface area contributed by atoms with E-state index in [2.05, 4.69) is 104 Å². The topological polar surface area (TPSA) is 6.48 Å². The van der Waals surface area contributed by atoms with Crippen LogP contribution in [-0.2, 0) is 0 Å². The fourth-order valence-corrected chi connectivity index (χ4v) is 6.29. The van der Waals surface area contributed by atoms with Crippen LogP contribution in [-0.4, -0.2) is 32.6 Å². The Balaban J connectivity index is 1.64. The average Bonchev–Trinajstić information content (AvgIpc) is 3.20. The van der Waals surface area contributed by atoms with Crippen molar-refractivity contribution in [2.75, 3.05) is 11.9 Å². The summed E-state index contributed by atoms with van der Waals surface area (Å²) in [5, 5.41) is 2.83. The van der Waals surface area contributed by atoms with Gasteiger partial charge in [0.05, 0.1) is 0 Å². The SMILES string of the molecule is Cc1ccccc1N1C=C(c2ccc3[se]c4ccccc4c3c2)N(C)C1C. The van der Waals surface area contributed by atoms with Crippen molar-refractivity contribution in [1.82, 2.24) is 4.90 Å². The normalized spacial score (nSPS) is 17.1. The van der Waals surface area contributed by atoms with Gasteiger partial charge in [-0.15, -0.1) is 0 Å². The number of benzene rings is 3. The molecule has 4 aromatic rings. The van der Waals surface area contributed by atoms with Gasteiger partial charge >= 0.3 is 166 Å². The number of fused-ring (bicyclic) bond motifs is 3. The van der Waals surface area contributed by atoms with Crippen molar-refractivity contribution in [3.05, 3.63) is 84.1 Å². The molecule has 2 heterocycles. The summed E-state index contributed by atoms with van der Waals surface area (Å²) in [7, 11) is 2.19. The fourth-order valence-electron chi connectivity index (χ4n) is 4.01. The number of hydrogen-bond donors (Lipinski definition) is 0. The predicted octanol–water partition coefficient (Wildman–Crippen LogP) is 5.45. The summed E-state index contributed by atoms with van der Waals surface area (Å²) in [6.07, 6.45) is 2.60. The zero-order valence-corrected chi connectivity index (χ0v) is 17.5. The first-order valence-electron chi connectivity index (χ1n) is 9.34. The molecule has 0 bridgehead atoms. The van der Waals surface area contributed by atoms with E-state index in [1.54, 1.807) is 0 Å². The summed E-state index contributed by atoms with van der Waals surface area (Å²) in [5.74, 6) is 0. The number of rotatable bonds is 2. The summed E-state index contributed by atoms with van der Waals surface area (Å²) in [6, 6.07) is 24.5. The molecule has 0 spiro atoms. The van der Waals surface area contributed by atoms with E-state index in [4.69, 9.17) is 0 Å². The average molecular weight is 417 g/mol. The van der Waals surface area contributed by atoms with Gasteiger partial charge in [-0.1, -0.05) is 0 Å². The van der Waals surface area contributed by atoms with Crippen LogP contribution in [0.5, 0.6) is 0 Å². The molecule has 134 valence electrons. The number of aryl methyl sites for hydroxylation is 1. The van der Waals surface area contributed by atoms with Crippen molar-refractivity contribution in [3.63, 3.8) is 0 Å². The van der Waals surface area contributed by atoms with E-state index < -0.39 is 0 Å². The van der Waals surface area contributed by atoms with E-state index in [-0.39, 0.29) is 0 Å². The Morgan fingerprint density at radius 2 is 1.59 bits per heavy atom. The van der Waals surface area contributed by atoms with Crippen LogP contribution in [0.1, 0.15) is 18.1 Å². The molecular formula is C24H22N2Se. The van der Waals surface area contributed by atoms with Crippen molar-refractivity contribution < 1.29 is 0 Å². The molecule has 3 aromatic carbocycles. The van der Waals surface area contributed by atoms with Crippen LogP contribution >= 0.6 is 0 Å². The first-order valence-corrected chi connectivity index (χ1v) is 11.0. The van der Waals surface area contributed by atoms with Crippen LogP contribution in [0.15, 0.2) is 72.9 Å². The number of nitrogens with zero attached hydrogens (tertiary/aromatic N) is 2. The molecule has 0 saturated heterocycles. The van der Waals surface area contributed by atoms with E-state index in [1.165, 1.54) is 41.8 Å². The Labute approximate surface area is 166 Å². The molecule has 1 aliphatic rings. The van der Waals surface area contributed by atoms with Crippen LogP contribution < -0.4 is 4.90 Å². The van der Waals surface area contributed by atoms with Gasteiger partial charge in [-0.05, 0) is 0 Å². The maximum atomic E-state index is 2.39. The second-order valence-corrected chi connectivity index (χ2v) is 9.53. The van der Waals surface area contributed by atoms with Crippen molar-refractivity contribution in [2.24, 2.45) is 0 Å². The fraction of sp³-hybridized carbons (Fsp3) is 0.167. The van der Waals surface area contributed by atoms with Gasteiger partial charge in [0.25, 0.3) is 0 Å². The molecule has 1 atom stereocenters. The van der Waals surface area contributed by atoms with Crippen LogP contribution in [0.4, 0.5) is 5.69 Å². The molecule has 0 aliphatic carbocycles. The number of anilines is 1. The Kier molecular flexibility index (Phi) is 3.89. The Bertz CT molecular complexity index is 1190. The Hall–Kier alpha value is -2.48. The van der Waals surface area contributed by atoms with Crippen LogP contribution in [0.25, 0.3) is 25.0 Å². The van der Waals surface area contributed by atoms with Gasteiger partial charge in [0, 0.05) is 0 Å². The molecule has 0 N–H and O–H groups in total. The predicted molar refractivity (Wildman–Crippen MR) is 117 cm³/mol. The summed E-state index contributed by atoms with van der Waals surface area (Å²) in [4.78, 5) is 4.76. The minimum absolute atomic E-state index is 0.297. The summed E-state index contributed by atoms with van der Waals surface area (Å²) in [5.41, 5.74) is 5.17. The van der Waals surface area contributed by atoms with Crippen molar-refractivity contribution in [3.8, 4) is 0 Å². The second kappa shape index (κ2) is 6.30. The third-order valence-corrected chi connectivity index (χ3v) is 8.09. The molecule has 1 unspecified atom stereocenters. The van der Waals surface area contributed by atoms with Gasteiger partial charge < -0.3 is 0 Å². The van der Waals surface area contributed by atoms with Crippen LogP contribution in [0.2, 0.25) is 0 Å². The maximum absolute atomic E-state index is 2.39.